The third kappa shape index (κ3) is 7.70. The molecule has 0 aliphatic carbocycles. The zero-order chi connectivity index (χ0) is 21.2. The molecule has 0 saturated carbocycles. The van der Waals surface area contributed by atoms with E-state index in [4.69, 9.17) is 4.74 Å². The Morgan fingerprint density at radius 1 is 1.10 bits per heavy atom. The molecule has 6 nitrogen and oxygen atoms in total. The Labute approximate surface area is 172 Å². The van der Waals surface area contributed by atoms with Gasteiger partial charge in [0.2, 0.25) is 5.91 Å². The van der Waals surface area contributed by atoms with Crippen LogP contribution in [0, 0.1) is 0 Å². The Morgan fingerprint density at radius 2 is 1.83 bits per heavy atom. The molecule has 0 aromatic heterocycles. The van der Waals surface area contributed by atoms with Gasteiger partial charge in [-0.05, 0) is 62.2 Å². The zero-order valence-electron chi connectivity index (χ0n) is 17.2. The molecule has 0 heterocycles. The van der Waals surface area contributed by atoms with Crippen molar-refractivity contribution in [2.45, 2.75) is 33.2 Å². The van der Waals surface area contributed by atoms with Crippen molar-refractivity contribution in [1.82, 2.24) is 5.32 Å². The van der Waals surface area contributed by atoms with E-state index in [0.717, 1.165) is 17.7 Å². The summed E-state index contributed by atoms with van der Waals surface area (Å²) in [5.74, 6) is 0.410. The monoisotopic (exact) mass is 395 g/mol. The van der Waals surface area contributed by atoms with Crippen LogP contribution in [0.2, 0.25) is 0 Å². The highest BCUT2D eigenvalue weighted by Gasteiger charge is 2.09. The lowest BCUT2D eigenvalue weighted by Gasteiger charge is -2.12. The van der Waals surface area contributed by atoms with Crippen molar-refractivity contribution in [2.24, 2.45) is 0 Å². The summed E-state index contributed by atoms with van der Waals surface area (Å²) in [6, 6.07) is 14.4. The van der Waals surface area contributed by atoms with Crippen molar-refractivity contribution >= 4 is 23.2 Å². The number of carbonyl (C=O) groups excluding carboxylic acids is 2. The number of benzene rings is 2. The van der Waals surface area contributed by atoms with Crippen LogP contribution in [0.25, 0.3) is 0 Å². The molecule has 3 N–H and O–H groups in total. The van der Waals surface area contributed by atoms with Crippen molar-refractivity contribution in [2.75, 3.05) is 23.8 Å². The first-order valence-corrected chi connectivity index (χ1v) is 9.69. The smallest absolute Gasteiger partial charge is 0.251 e. The summed E-state index contributed by atoms with van der Waals surface area (Å²) >= 11 is 0. The summed E-state index contributed by atoms with van der Waals surface area (Å²) in [7, 11) is 0. The van der Waals surface area contributed by atoms with Gasteiger partial charge in [0.15, 0.2) is 0 Å². The van der Waals surface area contributed by atoms with E-state index in [9.17, 15) is 9.59 Å². The molecule has 2 rings (SSSR count). The first-order chi connectivity index (χ1) is 13.9. The van der Waals surface area contributed by atoms with Crippen LogP contribution in [0.15, 0.2) is 60.7 Å². The van der Waals surface area contributed by atoms with Gasteiger partial charge >= 0.3 is 0 Å². The van der Waals surface area contributed by atoms with Gasteiger partial charge in [-0.2, -0.15) is 0 Å². The molecule has 154 valence electrons. The summed E-state index contributed by atoms with van der Waals surface area (Å²) in [6.45, 7) is 10.2. The molecule has 0 saturated heterocycles. The van der Waals surface area contributed by atoms with Crippen LogP contribution in [-0.4, -0.2) is 31.0 Å². The van der Waals surface area contributed by atoms with E-state index < -0.39 is 0 Å². The van der Waals surface area contributed by atoms with Crippen LogP contribution < -0.4 is 20.7 Å². The summed E-state index contributed by atoms with van der Waals surface area (Å²) in [5, 5.41) is 8.79. The number of amides is 2. The van der Waals surface area contributed by atoms with Gasteiger partial charge in [0.25, 0.3) is 5.91 Å². The van der Waals surface area contributed by atoms with E-state index in [0.29, 0.717) is 23.6 Å². The Bertz CT molecular complexity index is 847. The number of carbonyl (C=O) groups is 2. The molecule has 0 aliphatic heterocycles. The first kappa shape index (κ1) is 22.0. The average Bonchev–Trinajstić information content (AvgIpc) is 2.71. The Hall–Kier alpha value is -3.28. The highest BCUT2D eigenvalue weighted by atomic mass is 16.5. The number of rotatable bonds is 10. The first-order valence-electron chi connectivity index (χ1n) is 9.69. The summed E-state index contributed by atoms with van der Waals surface area (Å²) < 4.78 is 5.60. The van der Waals surface area contributed by atoms with Crippen molar-refractivity contribution in [3.63, 3.8) is 0 Å². The second-order valence-corrected chi connectivity index (χ2v) is 7.04. The van der Waals surface area contributed by atoms with Crippen LogP contribution in [0.5, 0.6) is 5.75 Å². The summed E-state index contributed by atoms with van der Waals surface area (Å²) in [5.41, 5.74) is 2.92. The highest BCUT2D eigenvalue weighted by molar-refractivity contribution is 5.96. The van der Waals surface area contributed by atoms with E-state index in [2.05, 4.69) is 22.5 Å². The number of hydrogen-bond donors (Lipinski definition) is 3. The van der Waals surface area contributed by atoms with Crippen LogP contribution in [0.1, 0.15) is 37.6 Å². The van der Waals surface area contributed by atoms with Gasteiger partial charge in [0.05, 0.1) is 6.54 Å². The maximum absolute atomic E-state index is 12.2. The maximum atomic E-state index is 12.2. The van der Waals surface area contributed by atoms with E-state index in [1.165, 1.54) is 0 Å². The molecule has 0 aliphatic rings. The van der Waals surface area contributed by atoms with Crippen molar-refractivity contribution < 1.29 is 14.3 Å². The van der Waals surface area contributed by atoms with Crippen LogP contribution in [-0.2, 0) is 4.79 Å². The van der Waals surface area contributed by atoms with Gasteiger partial charge in [0, 0.05) is 29.0 Å². The molecule has 6 heteroatoms. The third-order valence-corrected chi connectivity index (χ3v) is 4.19. The molecule has 2 aromatic carbocycles. The Morgan fingerprint density at radius 3 is 2.48 bits per heavy atom. The lowest BCUT2D eigenvalue weighted by molar-refractivity contribution is -0.114. The number of nitrogens with one attached hydrogen (secondary N) is 3. The number of anilines is 2. The second-order valence-electron chi connectivity index (χ2n) is 7.04. The molecule has 0 fully saturated rings. The van der Waals surface area contributed by atoms with Gasteiger partial charge in [-0.1, -0.05) is 19.6 Å². The lowest BCUT2D eigenvalue weighted by Crippen LogP contribution is -2.31. The van der Waals surface area contributed by atoms with Crippen LogP contribution in [0.3, 0.4) is 0 Å². The average molecular weight is 396 g/mol. The molecule has 0 bridgehead atoms. The molecule has 1 unspecified atom stereocenters. The fourth-order valence-corrected chi connectivity index (χ4v) is 2.40. The third-order valence-electron chi connectivity index (χ3n) is 4.19. The Kier molecular flexibility index (Phi) is 8.27. The molecule has 0 radical (unpaired) electrons. The standard InChI is InChI=1S/C23H29N3O3/c1-5-17(4)25-23(28)18-9-11-19(12-10-18)26-22(27)14-24-20-7-6-8-21(13-20)29-15-16(2)3/h6-13,17,24H,2,5,14-15H2,1,3-4H3,(H,25,28)(H,26,27). The second kappa shape index (κ2) is 10.9. The maximum Gasteiger partial charge on any atom is 0.251 e. The topological polar surface area (TPSA) is 79.5 Å². The SMILES string of the molecule is C=C(C)COc1cccc(NCC(=O)Nc2ccc(C(=O)NC(C)CC)cc2)c1. The van der Waals surface area contributed by atoms with E-state index in [-0.39, 0.29) is 24.4 Å². The van der Waals surface area contributed by atoms with Crippen LogP contribution in [0.4, 0.5) is 11.4 Å². The quantitative estimate of drug-likeness (QED) is 0.526. The molecular formula is C23H29N3O3. The van der Waals surface area contributed by atoms with Gasteiger partial charge < -0.3 is 20.7 Å². The van der Waals surface area contributed by atoms with E-state index >= 15 is 0 Å². The predicted octanol–water partition coefficient (Wildman–Crippen LogP) is 4.22. The highest BCUT2D eigenvalue weighted by Crippen LogP contribution is 2.18. The molecule has 0 spiro atoms. The van der Waals surface area contributed by atoms with Crippen molar-refractivity contribution in [1.29, 1.82) is 0 Å². The normalized spacial score (nSPS) is 11.3. The van der Waals surface area contributed by atoms with Gasteiger partial charge in [-0.3, -0.25) is 9.59 Å². The zero-order valence-corrected chi connectivity index (χ0v) is 17.2. The minimum Gasteiger partial charge on any atom is -0.489 e. The summed E-state index contributed by atoms with van der Waals surface area (Å²) in [4.78, 5) is 24.3. The van der Waals surface area contributed by atoms with Gasteiger partial charge in [0.1, 0.15) is 12.4 Å². The van der Waals surface area contributed by atoms with Gasteiger partial charge in [-0.15, -0.1) is 0 Å². The molecular weight excluding hydrogens is 366 g/mol. The minimum absolute atomic E-state index is 0.111. The van der Waals surface area contributed by atoms with E-state index in [1.54, 1.807) is 24.3 Å². The van der Waals surface area contributed by atoms with E-state index in [1.807, 2.05) is 45.0 Å². The summed E-state index contributed by atoms with van der Waals surface area (Å²) in [6.07, 6.45) is 0.871. The molecule has 29 heavy (non-hydrogen) atoms. The number of hydrogen-bond acceptors (Lipinski definition) is 4. The largest absolute Gasteiger partial charge is 0.489 e. The lowest BCUT2D eigenvalue weighted by atomic mass is 10.1. The van der Waals surface area contributed by atoms with Gasteiger partial charge in [-0.25, -0.2) is 0 Å². The Balaban J connectivity index is 1.84. The van der Waals surface area contributed by atoms with Crippen LogP contribution >= 0.6 is 0 Å². The molecule has 1 atom stereocenters. The molecule has 2 aromatic rings. The van der Waals surface area contributed by atoms with Crippen molar-refractivity contribution in [3.8, 4) is 5.75 Å². The fourth-order valence-electron chi connectivity index (χ4n) is 2.40. The van der Waals surface area contributed by atoms with Crippen molar-refractivity contribution in [3.05, 3.63) is 66.2 Å². The fraction of sp³-hybridized carbons (Fsp3) is 0.304. The molecule has 2 amide bonds. The minimum atomic E-state index is -0.185. The predicted molar refractivity (Wildman–Crippen MR) is 118 cm³/mol. The number of ether oxygens (including phenoxy) is 1.